The second kappa shape index (κ2) is 14.9. The standard InChI is InChI=1S/C67H42N2O/c1-2-20-43(21-3-1)45-22-4-5-23-46(45)49-25-7-13-35-60(49)68(61-36-14-9-27-51(61)54-30-18-31-55-52-28-10-17-39-64(52)70-66(54)55)44-40-41-48-47-24-6-11-32-56(47)67(59(48)42-44)57-33-12-16-38-63(57)69-62-37-15-8-26-50(62)53-29-19-34-58(67)65(53)69/h1-42H. The van der Waals surface area contributed by atoms with Crippen molar-refractivity contribution in [2.45, 2.75) is 5.41 Å². The van der Waals surface area contributed by atoms with Gasteiger partial charge in [-0.15, -0.1) is 0 Å². The molecule has 0 saturated carbocycles. The topological polar surface area (TPSA) is 21.3 Å². The summed E-state index contributed by atoms with van der Waals surface area (Å²) >= 11 is 0. The number of rotatable bonds is 6. The summed E-state index contributed by atoms with van der Waals surface area (Å²) < 4.78 is 9.32. The maximum Gasteiger partial charge on any atom is 0.143 e. The molecule has 1 spiro atoms. The molecule has 11 aromatic carbocycles. The first-order valence-corrected chi connectivity index (χ1v) is 24.2. The van der Waals surface area contributed by atoms with Crippen molar-refractivity contribution in [3.8, 4) is 50.2 Å². The molecule has 0 amide bonds. The van der Waals surface area contributed by atoms with Crippen LogP contribution in [-0.4, -0.2) is 4.57 Å². The highest BCUT2D eigenvalue weighted by Gasteiger charge is 2.51. The monoisotopic (exact) mass is 890 g/mol. The van der Waals surface area contributed by atoms with Crippen LogP contribution in [0.25, 0.3) is 93.9 Å². The van der Waals surface area contributed by atoms with E-state index in [1.165, 1.54) is 72.0 Å². The molecule has 1 atom stereocenters. The van der Waals surface area contributed by atoms with E-state index in [2.05, 4.69) is 258 Å². The van der Waals surface area contributed by atoms with Gasteiger partial charge in [0.2, 0.25) is 0 Å². The molecule has 1 unspecified atom stereocenters. The number of aromatic nitrogens is 1. The van der Waals surface area contributed by atoms with Crippen LogP contribution in [0.2, 0.25) is 0 Å². The lowest BCUT2D eigenvalue weighted by atomic mass is 9.65. The molecule has 0 N–H and O–H groups in total. The van der Waals surface area contributed by atoms with Crippen LogP contribution in [0.4, 0.5) is 17.1 Å². The Labute approximate surface area is 405 Å². The number of fused-ring (bicyclic) bond motifs is 15. The van der Waals surface area contributed by atoms with E-state index in [-0.39, 0.29) is 0 Å². The number of hydrogen-bond donors (Lipinski definition) is 0. The third kappa shape index (κ3) is 5.29. The van der Waals surface area contributed by atoms with Crippen molar-refractivity contribution < 1.29 is 4.42 Å². The van der Waals surface area contributed by atoms with Crippen molar-refractivity contribution in [2.24, 2.45) is 0 Å². The molecule has 3 nitrogen and oxygen atoms in total. The normalized spacial score (nSPS) is 14.3. The summed E-state index contributed by atoms with van der Waals surface area (Å²) in [6.45, 7) is 0. The fraction of sp³-hybridized carbons (Fsp3) is 0.0149. The zero-order chi connectivity index (χ0) is 45.9. The average Bonchev–Trinajstić information content (AvgIpc) is 4.09. The van der Waals surface area contributed by atoms with E-state index in [1.807, 2.05) is 6.07 Å². The van der Waals surface area contributed by atoms with E-state index in [1.54, 1.807) is 0 Å². The zero-order valence-corrected chi connectivity index (χ0v) is 38.1. The van der Waals surface area contributed by atoms with Gasteiger partial charge in [0.1, 0.15) is 11.2 Å². The number of nitrogens with zero attached hydrogens (tertiary/aromatic N) is 2. The van der Waals surface area contributed by atoms with Crippen molar-refractivity contribution in [3.05, 3.63) is 277 Å². The molecule has 326 valence electrons. The van der Waals surface area contributed by atoms with Crippen LogP contribution in [0.5, 0.6) is 0 Å². The number of hydrogen-bond acceptors (Lipinski definition) is 2. The molecule has 2 aromatic heterocycles. The van der Waals surface area contributed by atoms with E-state index in [0.717, 1.165) is 61.3 Å². The Kier molecular flexibility index (Phi) is 8.28. The molecule has 15 rings (SSSR count). The van der Waals surface area contributed by atoms with Crippen LogP contribution in [0.15, 0.2) is 259 Å². The Balaban J connectivity index is 1.05. The van der Waals surface area contributed by atoms with Gasteiger partial charge in [-0.1, -0.05) is 212 Å². The summed E-state index contributed by atoms with van der Waals surface area (Å²) in [5.74, 6) is 0. The van der Waals surface area contributed by atoms with Crippen molar-refractivity contribution >= 4 is 60.8 Å². The molecule has 2 aliphatic rings. The summed E-state index contributed by atoms with van der Waals surface area (Å²) in [5.41, 5.74) is 22.5. The quantitative estimate of drug-likeness (QED) is 0.166. The maximum atomic E-state index is 6.80. The van der Waals surface area contributed by atoms with Crippen LogP contribution in [0, 0.1) is 0 Å². The minimum Gasteiger partial charge on any atom is -0.455 e. The first kappa shape index (κ1) is 38.9. The smallest absolute Gasteiger partial charge is 0.143 e. The highest BCUT2D eigenvalue weighted by molar-refractivity contribution is 6.14. The van der Waals surface area contributed by atoms with Crippen LogP contribution in [-0.2, 0) is 5.41 Å². The Morgan fingerprint density at radius 2 is 0.900 bits per heavy atom. The van der Waals surface area contributed by atoms with Gasteiger partial charge in [0.05, 0.1) is 33.5 Å². The molecule has 0 radical (unpaired) electrons. The summed E-state index contributed by atoms with van der Waals surface area (Å²) in [7, 11) is 0. The summed E-state index contributed by atoms with van der Waals surface area (Å²) in [6.07, 6.45) is 0. The van der Waals surface area contributed by atoms with Gasteiger partial charge in [0.25, 0.3) is 0 Å². The summed E-state index contributed by atoms with van der Waals surface area (Å²) in [4.78, 5) is 2.51. The predicted molar refractivity (Wildman–Crippen MR) is 290 cm³/mol. The highest BCUT2D eigenvalue weighted by Crippen LogP contribution is 2.62. The maximum absolute atomic E-state index is 6.80. The first-order chi connectivity index (χ1) is 34.8. The lowest BCUT2D eigenvalue weighted by molar-refractivity contribution is 0.670. The van der Waals surface area contributed by atoms with Crippen molar-refractivity contribution in [2.75, 3.05) is 4.90 Å². The Morgan fingerprint density at radius 1 is 0.343 bits per heavy atom. The number of benzene rings is 11. The second-order valence-corrected chi connectivity index (χ2v) is 18.7. The van der Waals surface area contributed by atoms with Gasteiger partial charge in [-0.05, 0) is 92.5 Å². The van der Waals surface area contributed by atoms with Gasteiger partial charge >= 0.3 is 0 Å². The lowest BCUT2D eigenvalue weighted by Gasteiger charge is -2.40. The summed E-state index contributed by atoms with van der Waals surface area (Å²) in [5, 5.41) is 4.75. The van der Waals surface area contributed by atoms with E-state index in [4.69, 9.17) is 4.42 Å². The molecule has 13 aromatic rings. The van der Waals surface area contributed by atoms with Gasteiger partial charge in [0.15, 0.2) is 0 Å². The van der Waals surface area contributed by atoms with Gasteiger partial charge in [-0.25, -0.2) is 0 Å². The Hall–Kier alpha value is -9.18. The summed E-state index contributed by atoms with van der Waals surface area (Å²) in [6, 6.07) is 93.7. The lowest BCUT2D eigenvalue weighted by Crippen LogP contribution is -2.33. The average molecular weight is 891 g/mol. The Morgan fingerprint density at radius 3 is 1.73 bits per heavy atom. The van der Waals surface area contributed by atoms with Gasteiger partial charge < -0.3 is 13.9 Å². The molecule has 3 heterocycles. The number of para-hydroxylation sites is 7. The van der Waals surface area contributed by atoms with Crippen LogP contribution < -0.4 is 4.90 Å². The molecular formula is C67H42N2O. The van der Waals surface area contributed by atoms with Crippen molar-refractivity contribution in [3.63, 3.8) is 0 Å². The van der Waals surface area contributed by atoms with E-state index in [9.17, 15) is 0 Å². The van der Waals surface area contributed by atoms with Gasteiger partial charge in [-0.3, -0.25) is 0 Å². The molecule has 3 heteroatoms. The van der Waals surface area contributed by atoms with E-state index < -0.39 is 5.41 Å². The van der Waals surface area contributed by atoms with Crippen molar-refractivity contribution in [1.29, 1.82) is 0 Å². The molecule has 1 aliphatic heterocycles. The predicted octanol–water partition coefficient (Wildman–Crippen LogP) is 17.8. The third-order valence-electron chi connectivity index (χ3n) is 15.2. The fourth-order valence-electron chi connectivity index (χ4n) is 12.4. The fourth-order valence-corrected chi connectivity index (χ4v) is 12.4. The largest absolute Gasteiger partial charge is 0.455 e. The second-order valence-electron chi connectivity index (χ2n) is 18.7. The van der Waals surface area contributed by atoms with E-state index in [0.29, 0.717) is 0 Å². The van der Waals surface area contributed by atoms with Crippen LogP contribution in [0.3, 0.4) is 0 Å². The third-order valence-corrected chi connectivity index (χ3v) is 15.2. The molecule has 1 aliphatic carbocycles. The molecule has 0 bridgehead atoms. The zero-order valence-electron chi connectivity index (χ0n) is 38.1. The van der Waals surface area contributed by atoms with Gasteiger partial charge in [-0.2, -0.15) is 0 Å². The first-order valence-electron chi connectivity index (χ1n) is 24.2. The Bertz CT molecular complexity index is 4270. The van der Waals surface area contributed by atoms with Crippen molar-refractivity contribution in [1.82, 2.24) is 4.57 Å². The molecular weight excluding hydrogens is 849 g/mol. The van der Waals surface area contributed by atoms with Crippen LogP contribution in [0.1, 0.15) is 22.3 Å². The number of furan rings is 1. The molecule has 0 saturated heterocycles. The van der Waals surface area contributed by atoms with E-state index >= 15 is 0 Å². The van der Waals surface area contributed by atoms with Gasteiger partial charge in [0, 0.05) is 43.9 Å². The minimum absolute atomic E-state index is 0.618. The van der Waals surface area contributed by atoms with Crippen LogP contribution >= 0.6 is 0 Å². The minimum atomic E-state index is -0.618. The highest BCUT2D eigenvalue weighted by atomic mass is 16.3. The SMILES string of the molecule is c1ccc(-c2ccccc2-c2ccccc2N(c2ccc3c(c2)C2(c4ccccc4-3)c3ccccc3-n3c4ccccc4c4cccc2c43)c2ccccc2-c2cccc3c2oc2ccccc23)cc1. The number of anilines is 3. The molecule has 70 heavy (non-hydrogen) atoms. The molecule has 0 fully saturated rings.